The number of aromatic nitrogens is 3. The molecule has 0 bridgehead atoms. The summed E-state index contributed by atoms with van der Waals surface area (Å²) in [4.78, 5) is 8.25. The van der Waals surface area contributed by atoms with Crippen LogP contribution in [0.25, 0.3) is 20.8 Å². The second kappa shape index (κ2) is 7.63. The first-order valence-corrected chi connectivity index (χ1v) is 9.83. The van der Waals surface area contributed by atoms with E-state index >= 15 is 0 Å². The molecule has 0 aliphatic heterocycles. The Morgan fingerprint density at radius 1 is 1.27 bits per heavy atom. The number of pyridine rings is 1. The van der Waals surface area contributed by atoms with Gasteiger partial charge in [-0.3, -0.25) is 5.10 Å². The van der Waals surface area contributed by atoms with Crippen LogP contribution in [0.5, 0.6) is 0 Å². The van der Waals surface area contributed by atoms with Crippen molar-refractivity contribution in [2.24, 2.45) is 5.41 Å². The Morgan fingerprint density at radius 3 is 2.65 bits per heavy atom. The second-order valence-electron chi connectivity index (χ2n) is 7.17. The van der Waals surface area contributed by atoms with Crippen LogP contribution in [-0.2, 0) is 0 Å². The van der Waals surface area contributed by atoms with Crippen LogP contribution in [0.4, 0.5) is 11.5 Å². The van der Waals surface area contributed by atoms with E-state index in [2.05, 4.69) is 46.4 Å². The lowest BCUT2D eigenvalue weighted by Gasteiger charge is -2.24. The van der Waals surface area contributed by atoms with E-state index in [0.717, 1.165) is 45.4 Å². The molecule has 0 aliphatic carbocycles. The number of hydrogen-bond acceptors (Lipinski definition) is 6. The van der Waals surface area contributed by atoms with Crippen molar-refractivity contribution in [3.63, 3.8) is 0 Å². The lowest BCUT2D eigenvalue weighted by molar-refractivity contribution is 0.171. The first-order valence-electron chi connectivity index (χ1n) is 9.01. The van der Waals surface area contributed by atoms with Gasteiger partial charge in [-0.2, -0.15) is 5.10 Å². The van der Waals surface area contributed by atoms with Crippen LogP contribution >= 0.6 is 11.3 Å². The van der Waals surface area contributed by atoms with Crippen LogP contribution in [0, 0.1) is 5.41 Å². The summed E-state index contributed by atoms with van der Waals surface area (Å²) < 4.78 is 1.12. The largest absolute Gasteiger partial charge is 0.396 e. The molecular weight excluding hydrogens is 346 g/mol. The average molecular weight is 374 g/mol. The molecule has 3 aromatic rings. The molecule has 3 aromatic heterocycles. The molecule has 0 amide bonds. The molecule has 140 valence electrons. The molecule has 3 heterocycles. The number of aliphatic hydroxyl groups excluding tert-OH is 1. The van der Waals surface area contributed by atoms with Crippen molar-refractivity contribution >= 4 is 33.1 Å². The fourth-order valence-electron chi connectivity index (χ4n) is 2.76. The van der Waals surface area contributed by atoms with Crippen LogP contribution in [0.3, 0.4) is 0 Å². The van der Waals surface area contributed by atoms with Crippen molar-refractivity contribution in [3.8, 4) is 10.6 Å². The number of anilines is 2. The van der Waals surface area contributed by atoms with Crippen molar-refractivity contribution in [1.29, 1.82) is 0 Å². The highest BCUT2D eigenvalue weighted by Crippen LogP contribution is 2.38. The Bertz CT molecular complexity index is 852. The van der Waals surface area contributed by atoms with E-state index in [9.17, 15) is 5.11 Å². The Labute approximate surface area is 158 Å². The maximum absolute atomic E-state index is 9.56. The summed E-state index contributed by atoms with van der Waals surface area (Å²) in [6.45, 7) is 11.0. The van der Waals surface area contributed by atoms with Gasteiger partial charge in [-0.25, -0.2) is 4.98 Å². The molecule has 0 aromatic carbocycles. The monoisotopic (exact) mass is 373 g/mol. The van der Waals surface area contributed by atoms with Gasteiger partial charge in [0.15, 0.2) is 0 Å². The Hall–Kier alpha value is -2.12. The van der Waals surface area contributed by atoms with Crippen LogP contribution < -0.4 is 10.2 Å². The Kier molecular flexibility index (Phi) is 5.48. The van der Waals surface area contributed by atoms with E-state index < -0.39 is 0 Å². The summed E-state index contributed by atoms with van der Waals surface area (Å²) in [6, 6.07) is 6.21. The number of thiophene rings is 1. The number of hydrogen-bond donors (Lipinski definition) is 3. The van der Waals surface area contributed by atoms with E-state index in [0.29, 0.717) is 6.54 Å². The summed E-state index contributed by atoms with van der Waals surface area (Å²) >= 11 is 1.70. The number of rotatable bonds is 8. The molecule has 0 unspecified atom stereocenters. The molecule has 0 saturated carbocycles. The van der Waals surface area contributed by atoms with Gasteiger partial charge >= 0.3 is 0 Å². The number of nitrogens with zero attached hydrogens (tertiary/aromatic N) is 3. The lowest BCUT2D eigenvalue weighted by atomic mass is 9.95. The quantitative estimate of drug-likeness (QED) is 0.557. The molecule has 0 spiro atoms. The molecule has 3 N–H and O–H groups in total. The van der Waals surface area contributed by atoms with Crippen molar-refractivity contribution in [2.75, 3.05) is 36.5 Å². The number of H-pyrrole nitrogens is 1. The molecule has 0 fully saturated rings. The summed E-state index contributed by atoms with van der Waals surface area (Å²) in [6.07, 6.45) is 1.76. The van der Waals surface area contributed by atoms with Gasteiger partial charge in [0.05, 0.1) is 26.5 Å². The summed E-state index contributed by atoms with van der Waals surface area (Å²) in [5.41, 5.74) is 2.86. The van der Waals surface area contributed by atoms with Gasteiger partial charge in [-0.05, 0) is 26.0 Å². The number of aliphatic hydroxyl groups is 1. The van der Waals surface area contributed by atoms with Gasteiger partial charge in [-0.15, -0.1) is 11.3 Å². The lowest BCUT2D eigenvalue weighted by Crippen LogP contribution is -2.27. The molecule has 6 nitrogen and oxygen atoms in total. The fraction of sp³-hybridized carbons (Fsp3) is 0.474. The van der Waals surface area contributed by atoms with Crippen LogP contribution in [-0.4, -0.2) is 46.5 Å². The first-order chi connectivity index (χ1) is 12.5. The molecule has 26 heavy (non-hydrogen) atoms. The third kappa shape index (κ3) is 3.83. The standard InChI is InChI=1S/C19H27N5OS/c1-5-24(6-2)17-10-14(20-11-19(3,4)12-25)18-15(22-17)9-16(26-18)13-7-8-21-23-13/h7-10,25H,5-6,11-12H2,1-4H3,(H,20,22)(H,21,23). The number of nitrogens with one attached hydrogen (secondary N) is 2. The third-order valence-electron chi connectivity index (χ3n) is 4.50. The predicted molar refractivity (Wildman–Crippen MR) is 110 cm³/mol. The van der Waals surface area contributed by atoms with E-state index in [-0.39, 0.29) is 12.0 Å². The zero-order valence-corrected chi connectivity index (χ0v) is 16.7. The Morgan fingerprint density at radius 2 is 2.04 bits per heavy atom. The van der Waals surface area contributed by atoms with Crippen molar-refractivity contribution in [2.45, 2.75) is 27.7 Å². The van der Waals surface area contributed by atoms with Crippen molar-refractivity contribution in [3.05, 3.63) is 24.4 Å². The van der Waals surface area contributed by atoms with Gasteiger partial charge < -0.3 is 15.3 Å². The highest BCUT2D eigenvalue weighted by atomic mass is 32.1. The third-order valence-corrected chi connectivity index (χ3v) is 5.70. The summed E-state index contributed by atoms with van der Waals surface area (Å²) in [5, 5.41) is 20.2. The average Bonchev–Trinajstić information content (AvgIpc) is 3.30. The maximum atomic E-state index is 9.56. The maximum Gasteiger partial charge on any atom is 0.131 e. The number of aromatic amines is 1. The summed E-state index contributed by atoms with van der Waals surface area (Å²) in [7, 11) is 0. The van der Waals surface area contributed by atoms with Gasteiger partial charge in [-0.1, -0.05) is 13.8 Å². The van der Waals surface area contributed by atoms with E-state index in [1.165, 1.54) is 0 Å². The van der Waals surface area contributed by atoms with Gasteiger partial charge in [0.25, 0.3) is 0 Å². The van der Waals surface area contributed by atoms with Crippen molar-refractivity contribution in [1.82, 2.24) is 15.2 Å². The second-order valence-corrected chi connectivity index (χ2v) is 8.22. The molecule has 0 saturated heterocycles. The van der Waals surface area contributed by atoms with Crippen molar-refractivity contribution < 1.29 is 5.11 Å². The molecule has 0 aliphatic rings. The normalized spacial score (nSPS) is 11.9. The van der Waals surface area contributed by atoms with E-state index in [4.69, 9.17) is 4.98 Å². The molecule has 7 heteroatoms. The fourth-order valence-corrected chi connectivity index (χ4v) is 3.83. The zero-order valence-electron chi connectivity index (χ0n) is 15.8. The Balaban J connectivity index is 2.06. The van der Waals surface area contributed by atoms with Crippen LogP contribution in [0.15, 0.2) is 24.4 Å². The zero-order chi connectivity index (χ0) is 18.7. The molecular formula is C19H27N5OS. The van der Waals surface area contributed by atoms with Crippen LogP contribution in [0.1, 0.15) is 27.7 Å². The highest BCUT2D eigenvalue weighted by molar-refractivity contribution is 7.22. The topological polar surface area (TPSA) is 77.1 Å². The SMILES string of the molecule is CCN(CC)c1cc(NCC(C)(C)CO)c2sc(-c3ccn[nH]3)cc2n1. The van der Waals surface area contributed by atoms with E-state index in [1.54, 1.807) is 17.5 Å². The summed E-state index contributed by atoms with van der Waals surface area (Å²) in [5.74, 6) is 0.973. The minimum Gasteiger partial charge on any atom is -0.396 e. The molecule has 0 radical (unpaired) electrons. The smallest absolute Gasteiger partial charge is 0.131 e. The highest BCUT2D eigenvalue weighted by Gasteiger charge is 2.19. The minimum absolute atomic E-state index is 0.140. The van der Waals surface area contributed by atoms with E-state index in [1.807, 2.05) is 19.9 Å². The molecule has 0 atom stereocenters. The number of fused-ring (bicyclic) bond motifs is 1. The van der Waals surface area contributed by atoms with Crippen LogP contribution in [0.2, 0.25) is 0 Å². The minimum atomic E-state index is -0.186. The van der Waals surface area contributed by atoms with Gasteiger partial charge in [0.1, 0.15) is 5.82 Å². The first kappa shape index (κ1) is 18.7. The van der Waals surface area contributed by atoms with Gasteiger partial charge in [0, 0.05) is 43.9 Å². The van der Waals surface area contributed by atoms with Gasteiger partial charge in [0.2, 0.25) is 0 Å². The molecule has 3 rings (SSSR count). The predicted octanol–water partition coefficient (Wildman–Crippen LogP) is 3.96.